The number of hydrogen-bond acceptors (Lipinski definition) is 3. The second kappa shape index (κ2) is 6.58. The van der Waals surface area contributed by atoms with Crippen molar-refractivity contribution in [3.63, 3.8) is 0 Å². The Morgan fingerprint density at radius 1 is 1.27 bits per heavy atom. The first-order valence-electron chi connectivity index (χ1n) is 7.12. The van der Waals surface area contributed by atoms with Crippen LogP contribution in [0.4, 0.5) is 5.69 Å². The van der Waals surface area contributed by atoms with Crippen molar-refractivity contribution in [1.82, 2.24) is 4.98 Å². The summed E-state index contributed by atoms with van der Waals surface area (Å²) >= 11 is 5.13. The summed E-state index contributed by atoms with van der Waals surface area (Å²) < 4.78 is 2.11. The van der Waals surface area contributed by atoms with Gasteiger partial charge in [0.05, 0.1) is 15.9 Å². The molecule has 1 amide bonds. The molecule has 112 valence electrons. The highest BCUT2D eigenvalue weighted by molar-refractivity contribution is 9.10. The van der Waals surface area contributed by atoms with E-state index in [1.807, 2.05) is 43.3 Å². The highest BCUT2D eigenvalue weighted by Gasteiger charge is 2.13. The summed E-state index contributed by atoms with van der Waals surface area (Å²) in [7, 11) is 0. The number of carbonyl (C=O) groups is 1. The van der Waals surface area contributed by atoms with E-state index >= 15 is 0 Å². The minimum Gasteiger partial charge on any atom is -0.325 e. The molecular formula is C17H15BrN2OS. The van der Waals surface area contributed by atoms with E-state index in [1.54, 1.807) is 11.3 Å². The third-order valence-electron chi connectivity index (χ3n) is 3.26. The zero-order valence-corrected chi connectivity index (χ0v) is 14.5. The van der Waals surface area contributed by atoms with Gasteiger partial charge in [-0.15, -0.1) is 11.3 Å². The summed E-state index contributed by atoms with van der Waals surface area (Å²) in [6, 6.07) is 13.9. The number of benzene rings is 2. The first-order valence-corrected chi connectivity index (χ1v) is 8.73. The molecule has 2 aromatic carbocycles. The Bertz CT molecular complexity index is 795. The van der Waals surface area contributed by atoms with Crippen molar-refractivity contribution >= 4 is 49.1 Å². The third-order valence-corrected chi connectivity index (χ3v) is 4.82. The molecule has 0 aliphatic heterocycles. The number of amides is 1. The number of anilines is 1. The van der Waals surface area contributed by atoms with E-state index in [4.69, 9.17) is 0 Å². The molecule has 0 aliphatic carbocycles. The lowest BCUT2D eigenvalue weighted by Crippen LogP contribution is -2.11. The monoisotopic (exact) mass is 374 g/mol. The van der Waals surface area contributed by atoms with Crippen molar-refractivity contribution in [2.75, 3.05) is 5.32 Å². The Morgan fingerprint density at radius 2 is 2.09 bits per heavy atom. The van der Waals surface area contributed by atoms with Crippen LogP contribution in [0.15, 0.2) is 46.9 Å². The van der Waals surface area contributed by atoms with Gasteiger partial charge >= 0.3 is 0 Å². The second-order valence-electron chi connectivity index (χ2n) is 4.97. The summed E-state index contributed by atoms with van der Waals surface area (Å²) in [4.78, 5) is 16.6. The molecule has 0 bridgehead atoms. The van der Waals surface area contributed by atoms with Crippen LogP contribution in [-0.2, 0) is 4.79 Å². The van der Waals surface area contributed by atoms with Gasteiger partial charge in [0.15, 0.2) is 0 Å². The van der Waals surface area contributed by atoms with Crippen LogP contribution in [0.25, 0.3) is 20.8 Å². The lowest BCUT2D eigenvalue weighted by atomic mass is 10.1. The Balaban J connectivity index is 2.04. The lowest BCUT2D eigenvalue weighted by molar-refractivity contribution is -0.116. The maximum atomic E-state index is 11.9. The van der Waals surface area contributed by atoms with Gasteiger partial charge in [0.2, 0.25) is 5.91 Å². The molecule has 0 aliphatic rings. The topological polar surface area (TPSA) is 42.0 Å². The van der Waals surface area contributed by atoms with Gasteiger partial charge in [0.25, 0.3) is 0 Å². The number of halogens is 1. The minimum atomic E-state index is 0.0344. The Labute approximate surface area is 141 Å². The molecule has 0 saturated heterocycles. The van der Waals surface area contributed by atoms with Crippen LogP contribution in [0.5, 0.6) is 0 Å². The van der Waals surface area contributed by atoms with Gasteiger partial charge in [-0.1, -0.05) is 35.0 Å². The molecule has 1 N–H and O–H groups in total. The highest BCUT2D eigenvalue weighted by atomic mass is 79.9. The van der Waals surface area contributed by atoms with Gasteiger partial charge < -0.3 is 5.32 Å². The fraction of sp³-hybridized carbons (Fsp3) is 0.176. The average Bonchev–Trinajstić information content (AvgIpc) is 2.93. The molecule has 22 heavy (non-hydrogen) atoms. The number of fused-ring (bicyclic) bond motifs is 1. The fourth-order valence-corrected chi connectivity index (χ4v) is 3.59. The largest absolute Gasteiger partial charge is 0.325 e. The van der Waals surface area contributed by atoms with Gasteiger partial charge in [0, 0.05) is 16.5 Å². The number of aromatic nitrogens is 1. The standard InChI is InChI=1S/C17H15BrN2OS/c1-2-5-16(21)19-13-9-8-11(18)10-12(13)17-20-14-6-3-4-7-15(14)22-17/h3-4,6-10H,2,5H2,1H3,(H,19,21). The van der Waals surface area contributed by atoms with Crippen LogP contribution >= 0.6 is 27.3 Å². The van der Waals surface area contributed by atoms with Crippen LogP contribution in [0, 0.1) is 0 Å². The van der Waals surface area contributed by atoms with Crippen LogP contribution in [0.3, 0.4) is 0 Å². The van der Waals surface area contributed by atoms with Gasteiger partial charge in [-0.2, -0.15) is 0 Å². The molecule has 0 spiro atoms. The van der Waals surface area contributed by atoms with E-state index in [-0.39, 0.29) is 5.91 Å². The fourth-order valence-electron chi connectivity index (χ4n) is 2.23. The molecular weight excluding hydrogens is 360 g/mol. The Hall–Kier alpha value is -1.72. The maximum Gasteiger partial charge on any atom is 0.224 e. The molecule has 0 radical (unpaired) electrons. The molecule has 0 saturated carbocycles. The molecule has 1 heterocycles. The molecule has 0 unspecified atom stereocenters. The predicted molar refractivity (Wildman–Crippen MR) is 96.3 cm³/mol. The van der Waals surface area contributed by atoms with E-state index < -0.39 is 0 Å². The quantitative estimate of drug-likeness (QED) is 0.658. The smallest absolute Gasteiger partial charge is 0.224 e. The summed E-state index contributed by atoms with van der Waals surface area (Å²) in [6.07, 6.45) is 1.36. The van der Waals surface area contributed by atoms with Gasteiger partial charge in [-0.25, -0.2) is 4.98 Å². The summed E-state index contributed by atoms with van der Waals surface area (Å²) in [5, 5.41) is 3.90. The zero-order valence-electron chi connectivity index (χ0n) is 12.1. The van der Waals surface area contributed by atoms with Crippen LogP contribution in [-0.4, -0.2) is 10.9 Å². The number of rotatable bonds is 4. The molecule has 5 heteroatoms. The predicted octanol–water partition coefficient (Wildman–Crippen LogP) is 5.46. The summed E-state index contributed by atoms with van der Waals surface area (Å²) in [5.74, 6) is 0.0344. The van der Waals surface area contributed by atoms with E-state index in [0.29, 0.717) is 6.42 Å². The van der Waals surface area contributed by atoms with Crippen molar-refractivity contribution < 1.29 is 4.79 Å². The van der Waals surface area contributed by atoms with E-state index in [2.05, 4.69) is 32.3 Å². The molecule has 3 aromatic rings. The van der Waals surface area contributed by atoms with Crippen LogP contribution in [0.2, 0.25) is 0 Å². The van der Waals surface area contributed by atoms with Gasteiger partial charge in [-0.05, 0) is 36.8 Å². The first kappa shape index (κ1) is 15.2. The Morgan fingerprint density at radius 3 is 2.86 bits per heavy atom. The highest BCUT2D eigenvalue weighted by Crippen LogP contribution is 2.36. The maximum absolute atomic E-state index is 11.9. The van der Waals surface area contributed by atoms with Gasteiger partial charge in [-0.3, -0.25) is 4.79 Å². The molecule has 3 nitrogen and oxygen atoms in total. The van der Waals surface area contributed by atoms with E-state index in [9.17, 15) is 4.79 Å². The lowest BCUT2D eigenvalue weighted by Gasteiger charge is -2.09. The SMILES string of the molecule is CCCC(=O)Nc1ccc(Br)cc1-c1nc2ccccc2s1. The van der Waals surface area contributed by atoms with Gasteiger partial charge in [0.1, 0.15) is 5.01 Å². The number of para-hydroxylation sites is 1. The molecule has 0 fully saturated rings. The van der Waals surface area contributed by atoms with Crippen molar-refractivity contribution in [2.45, 2.75) is 19.8 Å². The average molecular weight is 375 g/mol. The van der Waals surface area contributed by atoms with Crippen LogP contribution in [0.1, 0.15) is 19.8 Å². The number of hydrogen-bond donors (Lipinski definition) is 1. The number of thiazole rings is 1. The van der Waals surface area contributed by atoms with E-state index in [0.717, 1.165) is 37.4 Å². The normalized spacial score (nSPS) is 10.8. The number of nitrogens with one attached hydrogen (secondary N) is 1. The molecule has 0 atom stereocenters. The second-order valence-corrected chi connectivity index (χ2v) is 6.92. The third kappa shape index (κ3) is 3.20. The van der Waals surface area contributed by atoms with E-state index in [1.165, 1.54) is 0 Å². The molecule has 3 rings (SSSR count). The zero-order chi connectivity index (χ0) is 15.5. The summed E-state index contributed by atoms with van der Waals surface area (Å²) in [5.41, 5.74) is 2.73. The van der Waals surface area contributed by atoms with Crippen molar-refractivity contribution in [3.8, 4) is 10.6 Å². The Kier molecular flexibility index (Phi) is 4.55. The minimum absolute atomic E-state index is 0.0344. The first-order chi connectivity index (χ1) is 10.7. The van der Waals surface area contributed by atoms with Crippen molar-refractivity contribution in [1.29, 1.82) is 0 Å². The van der Waals surface area contributed by atoms with Crippen molar-refractivity contribution in [2.24, 2.45) is 0 Å². The van der Waals surface area contributed by atoms with Crippen molar-refractivity contribution in [3.05, 3.63) is 46.9 Å². The summed E-state index contributed by atoms with van der Waals surface area (Å²) in [6.45, 7) is 2.00. The molecule has 1 aromatic heterocycles. The number of nitrogens with zero attached hydrogens (tertiary/aromatic N) is 1. The van der Waals surface area contributed by atoms with Crippen LogP contribution < -0.4 is 5.32 Å². The number of carbonyl (C=O) groups excluding carboxylic acids is 1.